The van der Waals surface area contributed by atoms with Gasteiger partial charge in [0.25, 0.3) is 0 Å². The van der Waals surface area contributed by atoms with Gasteiger partial charge in [0.05, 0.1) is 5.41 Å². The Morgan fingerprint density at radius 2 is 0.794 bits per heavy atom. The summed E-state index contributed by atoms with van der Waals surface area (Å²) >= 11 is 0. The summed E-state index contributed by atoms with van der Waals surface area (Å²) in [6.07, 6.45) is 0. The van der Waals surface area contributed by atoms with Gasteiger partial charge in [-0.05, 0) is 114 Å². The van der Waals surface area contributed by atoms with Crippen LogP contribution >= 0.6 is 0 Å². The van der Waals surface area contributed by atoms with Gasteiger partial charge in [-0.3, -0.25) is 0 Å². The molecule has 2 nitrogen and oxygen atoms in total. The van der Waals surface area contributed by atoms with Crippen LogP contribution in [0.5, 0.6) is 0 Å². The molecule has 13 rings (SSSR count). The highest BCUT2D eigenvalue weighted by atomic mass is 28.3. The number of furan rings is 1. The second-order valence-corrected chi connectivity index (χ2v) is 21.7. The highest BCUT2D eigenvalue weighted by molar-refractivity contribution is 7.19. The number of rotatable bonds is 9. The predicted octanol–water partition coefficient (Wildman–Crippen LogP) is 13.9. The molecule has 0 radical (unpaired) electrons. The first kappa shape index (κ1) is 39.8. The monoisotopic (exact) mass is 883 g/mol. The van der Waals surface area contributed by atoms with Crippen LogP contribution in [-0.4, -0.2) is 8.07 Å². The fourth-order valence-electron chi connectivity index (χ4n) is 11.6. The third-order valence-electron chi connectivity index (χ3n) is 14.5. The molecule has 1 aliphatic carbocycles. The van der Waals surface area contributed by atoms with Crippen molar-refractivity contribution in [2.75, 3.05) is 4.90 Å². The van der Waals surface area contributed by atoms with Gasteiger partial charge in [0, 0.05) is 33.2 Å². The topological polar surface area (TPSA) is 16.4 Å². The van der Waals surface area contributed by atoms with Crippen LogP contribution in [0.3, 0.4) is 0 Å². The number of fused-ring (bicyclic) bond motifs is 8. The first-order valence-corrected chi connectivity index (χ1v) is 25.5. The minimum Gasteiger partial charge on any atom is -0.455 e. The van der Waals surface area contributed by atoms with E-state index in [0.29, 0.717) is 0 Å². The van der Waals surface area contributed by atoms with Crippen molar-refractivity contribution in [3.63, 3.8) is 0 Å². The van der Waals surface area contributed by atoms with E-state index in [2.05, 4.69) is 272 Å². The van der Waals surface area contributed by atoms with Crippen LogP contribution < -0.4 is 25.6 Å². The smallest absolute Gasteiger partial charge is 0.179 e. The fourth-order valence-corrected chi connectivity index (χ4v) is 16.3. The lowest BCUT2D eigenvalue weighted by Crippen LogP contribution is -2.74. The van der Waals surface area contributed by atoms with E-state index in [-0.39, 0.29) is 0 Å². The Morgan fingerprint density at radius 1 is 0.324 bits per heavy atom. The number of nitrogens with zero attached hydrogens (tertiary/aromatic N) is 1. The molecule has 0 bridgehead atoms. The highest BCUT2D eigenvalue weighted by Crippen LogP contribution is 2.57. The number of para-hydroxylation sites is 1. The van der Waals surface area contributed by atoms with Crippen molar-refractivity contribution < 1.29 is 4.42 Å². The maximum Gasteiger partial charge on any atom is 0.179 e. The van der Waals surface area contributed by atoms with Crippen LogP contribution in [0.4, 0.5) is 17.1 Å². The summed E-state index contributed by atoms with van der Waals surface area (Å²) in [5.41, 5.74) is 12.1. The van der Waals surface area contributed by atoms with Gasteiger partial charge in [-0.2, -0.15) is 0 Å². The molecule has 1 aromatic heterocycles. The quantitative estimate of drug-likeness (QED) is 0.106. The molecule has 12 aromatic rings. The number of benzene rings is 11. The summed E-state index contributed by atoms with van der Waals surface area (Å²) < 4.78 is 6.57. The maximum absolute atomic E-state index is 6.57. The van der Waals surface area contributed by atoms with Gasteiger partial charge in [0.2, 0.25) is 0 Å². The van der Waals surface area contributed by atoms with Gasteiger partial charge in [-0.1, -0.05) is 218 Å². The van der Waals surface area contributed by atoms with Gasteiger partial charge in [0.15, 0.2) is 8.07 Å². The average molecular weight is 884 g/mol. The SMILES string of the molecule is c1ccc(C2(c3ccccc3)c3ccccc3-c3ccc(N(c4ccc([Si](c5ccccc5)(c5ccccc5)c5ccccc5)cc4)c4ccc5c(ccc6c7ccccc7oc56)c4)cc32)cc1. The molecule has 0 aliphatic heterocycles. The van der Waals surface area contributed by atoms with Crippen molar-refractivity contribution >= 4 is 78.6 Å². The summed E-state index contributed by atoms with van der Waals surface area (Å²) in [4.78, 5) is 2.45. The molecule has 0 saturated carbocycles. The molecule has 0 N–H and O–H groups in total. The molecule has 0 atom stereocenters. The van der Waals surface area contributed by atoms with Crippen molar-refractivity contribution in [2.45, 2.75) is 5.41 Å². The van der Waals surface area contributed by atoms with Crippen molar-refractivity contribution in [2.24, 2.45) is 0 Å². The van der Waals surface area contributed by atoms with Gasteiger partial charge in [-0.25, -0.2) is 0 Å². The van der Waals surface area contributed by atoms with E-state index in [1.807, 2.05) is 6.07 Å². The lowest BCUT2D eigenvalue weighted by Gasteiger charge is -2.35. The summed E-state index contributed by atoms with van der Waals surface area (Å²) in [5, 5.41) is 9.87. The Hall–Kier alpha value is -8.50. The van der Waals surface area contributed by atoms with Crippen molar-refractivity contribution in [1.82, 2.24) is 0 Å². The van der Waals surface area contributed by atoms with Gasteiger partial charge in [0.1, 0.15) is 11.2 Å². The summed E-state index contributed by atoms with van der Waals surface area (Å²) in [6, 6.07) is 101. The van der Waals surface area contributed by atoms with Gasteiger partial charge < -0.3 is 9.32 Å². The Bertz CT molecular complexity index is 3640. The third kappa shape index (κ3) is 6.03. The Kier molecular flexibility index (Phi) is 9.45. The molecule has 0 amide bonds. The van der Waals surface area contributed by atoms with E-state index >= 15 is 0 Å². The summed E-state index contributed by atoms with van der Waals surface area (Å²) in [6.45, 7) is 0. The Labute approximate surface area is 397 Å². The Morgan fingerprint density at radius 3 is 1.43 bits per heavy atom. The highest BCUT2D eigenvalue weighted by Gasteiger charge is 2.46. The number of hydrogen-bond donors (Lipinski definition) is 0. The molecule has 0 spiro atoms. The maximum atomic E-state index is 6.57. The zero-order chi connectivity index (χ0) is 45.1. The molecular weight excluding hydrogens is 839 g/mol. The molecule has 0 saturated heterocycles. The van der Waals surface area contributed by atoms with E-state index < -0.39 is 13.5 Å². The fraction of sp³-hybridized carbons (Fsp3) is 0.0154. The minimum atomic E-state index is -2.77. The van der Waals surface area contributed by atoms with Crippen molar-refractivity contribution in [3.05, 3.63) is 295 Å². The standard InChI is InChI=1S/C65H45NOSi/c1-6-20-47(21-7-1)65(48-22-8-2-9-23-48)61-32-18-16-30-57(61)58-43-38-51(45-62(58)65)66(50-37-42-56-46(44-50)34-41-60-59-31-17-19-33-63(59)67-64(56)60)49-35-39-55(40-36-49)68(52-24-10-3-11-25-52,53-26-12-4-13-27-53)54-28-14-5-15-29-54/h1-45H. The van der Waals surface area contributed by atoms with E-state index in [0.717, 1.165) is 49.8 Å². The molecule has 320 valence electrons. The Balaban J connectivity index is 1.05. The van der Waals surface area contributed by atoms with Crippen molar-refractivity contribution in [3.8, 4) is 11.1 Å². The van der Waals surface area contributed by atoms with Crippen LogP contribution in [0.2, 0.25) is 0 Å². The molecule has 1 heterocycles. The first-order valence-electron chi connectivity index (χ1n) is 23.5. The summed E-state index contributed by atoms with van der Waals surface area (Å²) in [7, 11) is -2.77. The van der Waals surface area contributed by atoms with Crippen molar-refractivity contribution in [1.29, 1.82) is 0 Å². The van der Waals surface area contributed by atoms with E-state index in [1.54, 1.807) is 0 Å². The average Bonchev–Trinajstić information content (AvgIpc) is 3.95. The molecule has 1 aliphatic rings. The largest absolute Gasteiger partial charge is 0.455 e. The lowest BCUT2D eigenvalue weighted by atomic mass is 9.67. The van der Waals surface area contributed by atoms with E-state index in [4.69, 9.17) is 4.42 Å². The van der Waals surface area contributed by atoms with Crippen LogP contribution in [0.1, 0.15) is 22.3 Å². The zero-order valence-corrected chi connectivity index (χ0v) is 38.3. The van der Waals surface area contributed by atoms with Crippen LogP contribution in [-0.2, 0) is 5.41 Å². The van der Waals surface area contributed by atoms with E-state index in [9.17, 15) is 0 Å². The molecule has 3 heteroatoms. The number of hydrogen-bond acceptors (Lipinski definition) is 2. The molecule has 0 unspecified atom stereocenters. The van der Waals surface area contributed by atoms with Crippen LogP contribution in [0.15, 0.2) is 277 Å². The predicted molar refractivity (Wildman–Crippen MR) is 287 cm³/mol. The van der Waals surface area contributed by atoms with Crippen LogP contribution in [0.25, 0.3) is 43.8 Å². The molecular formula is C65H45NOSi. The normalized spacial score (nSPS) is 12.8. The van der Waals surface area contributed by atoms with Crippen LogP contribution in [0, 0.1) is 0 Å². The molecule has 11 aromatic carbocycles. The second kappa shape index (κ2) is 16.1. The van der Waals surface area contributed by atoms with E-state index in [1.165, 1.54) is 54.1 Å². The minimum absolute atomic E-state index is 0.539. The zero-order valence-electron chi connectivity index (χ0n) is 37.3. The van der Waals surface area contributed by atoms with Gasteiger partial charge >= 0.3 is 0 Å². The number of anilines is 3. The lowest BCUT2D eigenvalue weighted by molar-refractivity contribution is 0.672. The first-order chi connectivity index (χ1) is 33.7. The molecule has 0 fully saturated rings. The second-order valence-electron chi connectivity index (χ2n) is 17.9. The summed E-state index contributed by atoms with van der Waals surface area (Å²) in [5.74, 6) is 0. The molecule has 68 heavy (non-hydrogen) atoms. The third-order valence-corrected chi connectivity index (χ3v) is 19.3. The van der Waals surface area contributed by atoms with Gasteiger partial charge in [-0.15, -0.1) is 0 Å².